The van der Waals surface area contributed by atoms with E-state index in [4.69, 9.17) is 20.7 Å². The zero-order valence-corrected chi connectivity index (χ0v) is 7.22. The number of carboxylic acid groups (broad SMARTS) is 2. The fourth-order valence-electron chi connectivity index (χ4n) is 0.0781. The first kappa shape index (κ1) is 16.9. The van der Waals surface area contributed by atoms with Crippen LogP contribution in [0.25, 0.3) is 0 Å². The average molecular weight is 204 g/mol. The Morgan fingerprint density at radius 2 is 2.00 bits per heavy atom. The van der Waals surface area contributed by atoms with Crippen LogP contribution < -0.4 is 5.73 Å². The zero-order chi connectivity index (χ0) is 8.57. The number of hydrogen-bond donors (Lipinski definition) is 4. The Hall–Kier alpha value is -0.460. The summed E-state index contributed by atoms with van der Waals surface area (Å²) in [5.74, 6) is -0.815. The molecule has 0 unspecified atom stereocenters. The lowest BCUT2D eigenvalue weighted by Gasteiger charge is -1.96. The lowest BCUT2D eigenvalue weighted by molar-refractivity contribution is -0.137. The molecule has 7 heteroatoms. The molecule has 11 heavy (non-hydrogen) atoms. The van der Waals surface area contributed by atoms with Crippen LogP contribution in [0, 0.1) is 0 Å². The minimum atomic E-state index is -1.00. The van der Waals surface area contributed by atoms with Crippen LogP contribution in [0.2, 0.25) is 0 Å². The van der Waals surface area contributed by atoms with Crippen LogP contribution in [-0.4, -0.2) is 34.4 Å². The maximum Gasteiger partial charge on any atom is 0.321 e. The summed E-state index contributed by atoms with van der Waals surface area (Å²) >= 11 is 3.65. The molecule has 0 amide bonds. The quantitative estimate of drug-likeness (QED) is 0.357. The molecule has 68 valence electrons. The molecule has 0 heterocycles. The van der Waals surface area contributed by atoms with Gasteiger partial charge in [0, 0.05) is 5.75 Å². The lowest BCUT2D eigenvalue weighted by atomic mass is 10.4. The number of thiol groups is 1. The second-order valence-corrected chi connectivity index (χ2v) is 1.60. The molecule has 0 fully saturated rings. The molecule has 0 aromatic carbocycles. The SMILES string of the molecule is Cl.N[C@@H](CS)C(=O)O.O=CO. The Bertz CT molecular complexity index is 112. The molecule has 0 aliphatic carbocycles. The Labute approximate surface area is 75.4 Å². The van der Waals surface area contributed by atoms with E-state index in [9.17, 15) is 4.79 Å². The maximum absolute atomic E-state index is 9.76. The maximum atomic E-state index is 9.76. The predicted molar refractivity (Wildman–Crippen MR) is 45.4 cm³/mol. The van der Waals surface area contributed by atoms with Gasteiger partial charge < -0.3 is 15.9 Å². The molecule has 0 aromatic rings. The van der Waals surface area contributed by atoms with Gasteiger partial charge in [-0.3, -0.25) is 9.59 Å². The van der Waals surface area contributed by atoms with E-state index in [2.05, 4.69) is 12.6 Å². The first-order valence-corrected chi connectivity index (χ1v) is 2.90. The van der Waals surface area contributed by atoms with Gasteiger partial charge in [-0.15, -0.1) is 12.4 Å². The largest absolute Gasteiger partial charge is 0.483 e. The van der Waals surface area contributed by atoms with Gasteiger partial charge in [-0.25, -0.2) is 0 Å². The first-order chi connectivity index (χ1) is 4.59. The molecule has 0 aromatic heterocycles. The standard InChI is InChI=1S/C3H7NO2S.CH2O2.ClH/c4-2(1-7)3(5)6;2-1-3;/h2,7H,1,4H2,(H,5,6);1H,(H,2,3);1H/t2-;;/m0../s1. The van der Waals surface area contributed by atoms with Gasteiger partial charge in [-0.2, -0.15) is 12.6 Å². The summed E-state index contributed by atoms with van der Waals surface area (Å²) in [6.45, 7) is -0.250. The molecule has 0 saturated heterocycles. The van der Waals surface area contributed by atoms with Crippen molar-refractivity contribution in [2.45, 2.75) is 6.04 Å². The molecule has 1 atom stereocenters. The molecular weight excluding hydrogens is 194 g/mol. The third-order valence-electron chi connectivity index (χ3n) is 0.514. The van der Waals surface area contributed by atoms with E-state index < -0.39 is 12.0 Å². The van der Waals surface area contributed by atoms with Crippen molar-refractivity contribution in [3.8, 4) is 0 Å². The van der Waals surface area contributed by atoms with E-state index in [0.717, 1.165) is 0 Å². The molecule has 0 spiro atoms. The van der Waals surface area contributed by atoms with E-state index in [1.54, 1.807) is 0 Å². The highest BCUT2D eigenvalue weighted by atomic mass is 35.5. The molecule has 0 aliphatic rings. The van der Waals surface area contributed by atoms with Gasteiger partial charge in [-0.1, -0.05) is 0 Å². The average Bonchev–Trinajstić information content (AvgIpc) is 1.88. The molecule has 0 radical (unpaired) electrons. The Morgan fingerprint density at radius 3 is 2.00 bits per heavy atom. The van der Waals surface area contributed by atoms with Crippen LogP contribution in [-0.2, 0) is 9.59 Å². The summed E-state index contributed by atoms with van der Waals surface area (Å²) in [6, 6.07) is -0.816. The Morgan fingerprint density at radius 1 is 1.73 bits per heavy atom. The minimum Gasteiger partial charge on any atom is -0.483 e. The summed E-state index contributed by atoms with van der Waals surface area (Å²) in [5, 5.41) is 14.9. The van der Waals surface area contributed by atoms with Crippen LogP contribution >= 0.6 is 25.0 Å². The molecule has 0 rings (SSSR count). The van der Waals surface area contributed by atoms with Gasteiger partial charge in [-0.05, 0) is 0 Å². The minimum absolute atomic E-state index is 0. The Kier molecular flexibility index (Phi) is 18.8. The van der Waals surface area contributed by atoms with E-state index in [1.807, 2.05) is 0 Å². The first-order valence-electron chi connectivity index (χ1n) is 2.27. The second kappa shape index (κ2) is 12.2. The number of carbonyl (C=O) groups is 2. The van der Waals surface area contributed by atoms with Crippen LogP contribution in [0.15, 0.2) is 0 Å². The van der Waals surface area contributed by atoms with Crippen molar-refractivity contribution >= 4 is 37.5 Å². The number of carboxylic acids is 1. The van der Waals surface area contributed by atoms with Crippen molar-refractivity contribution in [1.29, 1.82) is 0 Å². The van der Waals surface area contributed by atoms with Gasteiger partial charge in [0.05, 0.1) is 0 Å². The molecule has 5 nitrogen and oxygen atoms in total. The monoisotopic (exact) mass is 203 g/mol. The number of hydrogen-bond acceptors (Lipinski definition) is 4. The molecular formula is C4H10ClNO4S. The highest BCUT2D eigenvalue weighted by Crippen LogP contribution is 1.80. The van der Waals surface area contributed by atoms with Crippen molar-refractivity contribution < 1.29 is 19.8 Å². The fraction of sp³-hybridized carbons (Fsp3) is 0.500. The van der Waals surface area contributed by atoms with Crippen LogP contribution in [0.1, 0.15) is 0 Å². The summed E-state index contributed by atoms with van der Waals surface area (Å²) in [4.78, 5) is 18.1. The summed E-state index contributed by atoms with van der Waals surface area (Å²) in [5.41, 5.74) is 4.94. The van der Waals surface area contributed by atoms with Gasteiger partial charge in [0.2, 0.25) is 0 Å². The molecule has 0 bridgehead atoms. The van der Waals surface area contributed by atoms with Gasteiger partial charge in [0.15, 0.2) is 0 Å². The smallest absolute Gasteiger partial charge is 0.321 e. The fourth-order valence-corrected chi connectivity index (χ4v) is 0.234. The number of rotatable bonds is 2. The van der Waals surface area contributed by atoms with Gasteiger partial charge in [0.1, 0.15) is 6.04 Å². The third kappa shape index (κ3) is 17.7. The highest BCUT2D eigenvalue weighted by molar-refractivity contribution is 7.80. The molecule has 4 N–H and O–H groups in total. The highest BCUT2D eigenvalue weighted by Gasteiger charge is 2.06. The molecule has 0 aliphatic heterocycles. The van der Waals surface area contributed by atoms with Crippen molar-refractivity contribution in [1.82, 2.24) is 0 Å². The van der Waals surface area contributed by atoms with E-state index in [0.29, 0.717) is 0 Å². The van der Waals surface area contributed by atoms with E-state index in [1.165, 1.54) is 0 Å². The van der Waals surface area contributed by atoms with Crippen LogP contribution in [0.3, 0.4) is 0 Å². The van der Waals surface area contributed by atoms with Crippen LogP contribution in [0.4, 0.5) is 0 Å². The number of nitrogens with two attached hydrogens (primary N) is 1. The lowest BCUT2D eigenvalue weighted by Crippen LogP contribution is -2.31. The van der Waals surface area contributed by atoms with Crippen LogP contribution in [0.5, 0.6) is 0 Å². The topological polar surface area (TPSA) is 101 Å². The van der Waals surface area contributed by atoms with Gasteiger partial charge in [0.25, 0.3) is 6.47 Å². The second-order valence-electron chi connectivity index (χ2n) is 1.23. The van der Waals surface area contributed by atoms with Crippen molar-refractivity contribution in [3.05, 3.63) is 0 Å². The normalized spacial score (nSPS) is 9.64. The summed E-state index contributed by atoms with van der Waals surface area (Å²) in [7, 11) is 0. The summed E-state index contributed by atoms with van der Waals surface area (Å²) in [6.07, 6.45) is 0. The predicted octanol–water partition coefficient (Wildman–Crippen LogP) is -0.549. The molecule has 0 saturated carbocycles. The van der Waals surface area contributed by atoms with Crippen molar-refractivity contribution in [2.75, 3.05) is 5.75 Å². The van der Waals surface area contributed by atoms with E-state index >= 15 is 0 Å². The summed E-state index contributed by atoms with van der Waals surface area (Å²) < 4.78 is 0. The Balaban J connectivity index is -0.000000140. The van der Waals surface area contributed by atoms with E-state index in [-0.39, 0.29) is 24.6 Å². The number of halogens is 1. The van der Waals surface area contributed by atoms with Crippen molar-refractivity contribution in [2.24, 2.45) is 5.73 Å². The van der Waals surface area contributed by atoms with Gasteiger partial charge >= 0.3 is 5.97 Å². The number of aliphatic carboxylic acids is 1. The third-order valence-corrected chi connectivity index (χ3v) is 0.907. The zero-order valence-electron chi connectivity index (χ0n) is 5.51. The van der Waals surface area contributed by atoms with Crippen molar-refractivity contribution in [3.63, 3.8) is 0 Å².